The average molecular weight is 330 g/mol. The van der Waals surface area contributed by atoms with Gasteiger partial charge in [0.15, 0.2) is 5.78 Å². The van der Waals surface area contributed by atoms with Gasteiger partial charge in [0.05, 0.1) is 30.9 Å². The van der Waals surface area contributed by atoms with Gasteiger partial charge >= 0.3 is 0 Å². The van der Waals surface area contributed by atoms with Crippen molar-refractivity contribution in [2.24, 2.45) is 0 Å². The summed E-state index contributed by atoms with van der Waals surface area (Å²) in [6.07, 6.45) is -0.944. The van der Waals surface area contributed by atoms with E-state index in [1.807, 2.05) is 0 Å². The molecule has 1 aromatic carbocycles. The van der Waals surface area contributed by atoms with Crippen LogP contribution in [0.4, 0.5) is 0 Å². The molecule has 0 fully saturated rings. The molecule has 0 radical (unpaired) electrons. The van der Waals surface area contributed by atoms with Gasteiger partial charge in [0.1, 0.15) is 5.75 Å². The highest BCUT2D eigenvalue weighted by atomic mass is 35.5. The van der Waals surface area contributed by atoms with Crippen molar-refractivity contribution in [2.75, 3.05) is 13.7 Å². The molecule has 2 atom stereocenters. The first-order valence-corrected chi connectivity index (χ1v) is 7.21. The molecule has 22 heavy (non-hydrogen) atoms. The lowest BCUT2D eigenvalue weighted by Gasteiger charge is -2.18. The molecule has 7 heteroatoms. The number of benzene rings is 1. The van der Waals surface area contributed by atoms with E-state index in [0.717, 1.165) is 0 Å². The third kappa shape index (κ3) is 5.29. The Balaban J connectivity index is 2.57. The number of aliphatic hydroxyl groups is 2. The Morgan fingerprint density at radius 1 is 1.36 bits per heavy atom. The number of rotatable bonds is 8. The van der Waals surface area contributed by atoms with Gasteiger partial charge in [-0.25, -0.2) is 0 Å². The molecule has 1 rings (SSSR count). The lowest BCUT2D eigenvalue weighted by Crippen LogP contribution is -2.44. The fourth-order valence-electron chi connectivity index (χ4n) is 1.81. The molecule has 0 aliphatic carbocycles. The van der Waals surface area contributed by atoms with Gasteiger partial charge in [-0.1, -0.05) is 11.6 Å². The van der Waals surface area contributed by atoms with Gasteiger partial charge in [0, 0.05) is 18.4 Å². The van der Waals surface area contributed by atoms with E-state index in [9.17, 15) is 14.7 Å². The first kappa shape index (κ1) is 18.4. The predicted octanol–water partition coefficient (Wildman–Crippen LogP) is 1.17. The van der Waals surface area contributed by atoms with Crippen LogP contribution in [0.1, 0.15) is 30.1 Å². The molecule has 6 nitrogen and oxygen atoms in total. The number of ether oxygens (including phenoxy) is 1. The minimum Gasteiger partial charge on any atom is -0.497 e. The quantitative estimate of drug-likeness (QED) is 0.622. The van der Waals surface area contributed by atoms with E-state index in [1.165, 1.54) is 20.1 Å². The zero-order valence-electron chi connectivity index (χ0n) is 12.5. The summed E-state index contributed by atoms with van der Waals surface area (Å²) in [6, 6.07) is 3.96. The zero-order chi connectivity index (χ0) is 16.7. The Hall–Kier alpha value is -1.63. The first-order valence-electron chi connectivity index (χ1n) is 6.84. The average Bonchev–Trinajstić information content (AvgIpc) is 2.49. The summed E-state index contributed by atoms with van der Waals surface area (Å²) in [6.45, 7) is 1.09. The maximum atomic E-state index is 12.1. The number of hydrogen-bond acceptors (Lipinski definition) is 5. The minimum atomic E-state index is -0.874. The topological polar surface area (TPSA) is 95.9 Å². The van der Waals surface area contributed by atoms with Crippen molar-refractivity contribution < 1.29 is 24.5 Å². The second-order valence-electron chi connectivity index (χ2n) is 4.87. The molecular weight excluding hydrogens is 310 g/mol. The van der Waals surface area contributed by atoms with Crippen molar-refractivity contribution >= 4 is 23.3 Å². The second-order valence-corrected chi connectivity index (χ2v) is 5.27. The molecule has 0 saturated carbocycles. The Morgan fingerprint density at radius 2 is 2.05 bits per heavy atom. The number of hydrogen-bond donors (Lipinski definition) is 3. The van der Waals surface area contributed by atoms with Gasteiger partial charge in [-0.15, -0.1) is 0 Å². The summed E-state index contributed by atoms with van der Waals surface area (Å²) >= 11 is 6.00. The maximum Gasteiger partial charge on any atom is 0.220 e. The monoisotopic (exact) mass is 329 g/mol. The van der Waals surface area contributed by atoms with Crippen LogP contribution in [0.5, 0.6) is 5.75 Å². The fraction of sp³-hybridized carbons (Fsp3) is 0.467. The zero-order valence-corrected chi connectivity index (χ0v) is 13.3. The van der Waals surface area contributed by atoms with Gasteiger partial charge in [0.25, 0.3) is 0 Å². The number of ketones is 1. The molecule has 0 unspecified atom stereocenters. The normalized spacial score (nSPS) is 13.3. The van der Waals surface area contributed by atoms with Gasteiger partial charge in [-0.2, -0.15) is 0 Å². The first-order chi connectivity index (χ1) is 10.4. The molecule has 0 aliphatic rings. The van der Waals surface area contributed by atoms with Crippen LogP contribution >= 0.6 is 11.6 Å². The Bertz CT molecular complexity index is 533. The molecule has 3 N–H and O–H groups in total. The molecule has 0 aromatic heterocycles. The Morgan fingerprint density at radius 3 is 2.55 bits per heavy atom. The van der Waals surface area contributed by atoms with Crippen LogP contribution in [0.15, 0.2) is 18.2 Å². The molecule has 1 amide bonds. The molecule has 0 bridgehead atoms. The van der Waals surface area contributed by atoms with Gasteiger partial charge in [-0.3, -0.25) is 9.59 Å². The highest BCUT2D eigenvalue weighted by molar-refractivity contribution is 6.34. The summed E-state index contributed by atoms with van der Waals surface area (Å²) in [5.41, 5.74) is 0.324. The van der Waals surface area contributed by atoms with Crippen LogP contribution in [0.25, 0.3) is 0 Å². The minimum absolute atomic E-state index is 0.0180. The van der Waals surface area contributed by atoms with Crippen LogP contribution in [-0.2, 0) is 4.79 Å². The van der Waals surface area contributed by atoms with Crippen LogP contribution in [0.2, 0.25) is 5.02 Å². The number of carbonyl (C=O) groups excluding carboxylic acids is 2. The molecule has 0 heterocycles. The molecule has 0 spiro atoms. The maximum absolute atomic E-state index is 12.1. The van der Waals surface area contributed by atoms with Crippen molar-refractivity contribution in [3.05, 3.63) is 28.8 Å². The van der Waals surface area contributed by atoms with Crippen molar-refractivity contribution in [2.45, 2.75) is 31.9 Å². The van der Waals surface area contributed by atoms with Crippen molar-refractivity contribution in [3.63, 3.8) is 0 Å². The summed E-state index contributed by atoms with van der Waals surface area (Å²) in [5, 5.41) is 21.1. The smallest absolute Gasteiger partial charge is 0.220 e. The predicted molar refractivity (Wildman–Crippen MR) is 82.3 cm³/mol. The second kappa shape index (κ2) is 8.73. The summed E-state index contributed by atoms with van der Waals surface area (Å²) in [7, 11) is 1.50. The van der Waals surface area contributed by atoms with E-state index < -0.39 is 18.1 Å². The fourth-order valence-corrected chi connectivity index (χ4v) is 2.08. The Labute approximate surface area is 134 Å². The van der Waals surface area contributed by atoms with E-state index in [1.54, 1.807) is 12.1 Å². The van der Waals surface area contributed by atoms with Crippen molar-refractivity contribution in [1.29, 1.82) is 0 Å². The van der Waals surface area contributed by atoms with E-state index >= 15 is 0 Å². The van der Waals surface area contributed by atoms with E-state index in [4.69, 9.17) is 21.4 Å². The number of amides is 1. The van der Waals surface area contributed by atoms with Gasteiger partial charge < -0.3 is 20.3 Å². The number of carbonyl (C=O) groups is 2. The van der Waals surface area contributed by atoms with Crippen molar-refractivity contribution in [1.82, 2.24) is 5.32 Å². The van der Waals surface area contributed by atoms with Crippen LogP contribution < -0.4 is 10.1 Å². The summed E-state index contributed by atoms with van der Waals surface area (Å²) < 4.78 is 5.00. The molecular formula is C15H20ClNO5. The molecule has 0 saturated heterocycles. The van der Waals surface area contributed by atoms with Crippen LogP contribution in [0.3, 0.4) is 0 Å². The summed E-state index contributed by atoms with van der Waals surface area (Å²) in [4.78, 5) is 23.8. The van der Waals surface area contributed by atoms with Gasteiger partial charge in [-0.05, 0) is 25.1 Å². The SMILES string of the molecule is COc1ccc(C(=O)CCC(=O)N[C@@H](CO)[C@@H](C)O)c(Cl)c1. The third-order valence-corrected chi connectivity index (χ3v) is 3.49. The highest BCUT2D eigenvalue weighted by Gasteiger charge is 2.18. The molecule has 0 aliphatic heterocycles. The third-order valence-electron chi connectivity index (χ3n) is 3.18. The number of methoxy groups -OCH3 is 1. The van der Waals surface area contributed by atoms with Crippen molar-refractivity contribution in [3.8, 4) is 5.75 Å². The standard InChI is InChI=1S/C15H20ClNO5/c1-9(19)13(8-18)17-15(21)6-5-14(20)11-4-3-10(22-2)7-12(11)16/h3-4,7,9,13,18-19H,5-6,8H2,1-2H3,(H,17,21)/t9-,13+/m1/s1. The van der Waals surface area contributed by atoms with E-state index in [2.05, 4.69) is 5.32 Å². The van der Waals surface area contributed by atoms with Crippen LogP contribution in [-0.4, -0.2) is 47.8 Å². The largest absolute Gasteiger partial charge is 0.497 e. The van der Waals surface area contributed by atoms with Gasteiger partial charge in [0.2, 0.25) is 5.91 Å². The lowest BCUT2D eigenvalue weighted by molar-refractivity contribution is -0.123. The number of aliphatic hydroxyl groups excluding tert-OH is 2. The van der Waals surface area contributed by atoms with E-state index in [0.29, 0.717) is 11.3 Å². The Kier molecular flexibility index (Phi) is 7.31. The summed E-state index contributed by atoms with van der Waals surface area (Å²) in [5.74, 6) is -0.139. The number of halogens is 1. The number of nitrogens with one attached hydrogen (secondary N) is 1. The van der Waals surface area contributed by atoms with Crippen LogP contribution in [0, 0.1) is 0 Å². The molecule has 1 aromatic rings. The number of Topliss-reactive ketones (excluding diaryl/α,β-unsaturated/α-hetero) is 1. The van der Waals surface area contributed by atoms with E-state index in [-0.39, 0.29) is 30.3 Å². The lowest BCUT2D eigenvalue weighted by atomic mass is 10.1. The highest BCUT2D eigenvalue weighted by Crippen LogP contribution is 2.23. The molecule has 122 valence electrons.